The molecule has 0 amide bonds. The first-order valence-electron chi connectivity index (χ1n) is 14.0. The smallest absolute Gasteiger partial charge is 0.174 e. The molecule has 2 aromatic carbocycles. The zero-order valence-electron chi connectivity index (χ0n) is 22.8. The lowest BCUT2D eigenvalue weighted by molar-refractivity contribution is 0.340. The van der Waals surface area contributed by atoms with Crippen LogP contribution in [-0.4, -0.2) is 34.4 Å². The molecule has 2 atom stereocenters. The molecule has 4 heterocycles. The van der Waals surface area contributed by atoms with Crippen LogP contribution in [0.25, 0.3) is 5.69 Å². The average Bonchev–Trinajstić information content (AvgIpc) is 3.59. The summed E-state index contributed by atoms with van der Waals surface area (Å²) in [7, 11) is 0. The van der Waals surface area contributed by atoms with E-state index in [0.29, 0.717) is 11.7 Å². The topological polar surface area (TPSA) is 45.6 Å². The predicted octanol–water partition coefficient (Wildman–Crippen LogP) is 7.34. The van der Waals surface area contributed by atoms with Crippen LogP contribution in [0.3, 0.4) is 0 Å². The van der Waals surface area contributed by atoms with Crippen molar-refractivity contribution in [2.45, 2.75) is 38.8 Å². The van der Waals surface area contributed by atoms with Crippen LogP contribution in [0.15, 0.2) is 85.2 Å². The number of nitrogens with zero attached hydrogens (tertiary/aromatic N) is 4. The van der Waals surface area contributed by atoms with Crippen LogP contribution in [0.5, 0.6) is 5.75 Å². The van der Waals surface area contributed by atoms with Crippen molar-refractivity contribution in [2.75, 3.05) is 29.5 Å². The zero-order valence-corrected chi connectivity index (χ0v) is 24.4. The maximum absolute atomic E-state index is 6.96. The number of pyridine rings is 1. The number of piperidine rings is 1. The Bertz CT molecular complexity index is 1470. The van der Waals surface area contributed by atoms with E-state index in [-0.39, 0.29) is 12.1 Å². The molecule has 4 aromatic rings. The Hall–Kier alpha value is -3.55. The SMILES string of the molecule is CCOc1ccc(-n2cccc2[C@@H]2[C@@H](c3ccccn3)NC(=S)N2c2ccc(N3CCC(C)CC3)c(Cl)c2)cc1. The van der Waals surface area contributed by atoms with Crippen LogP contribution in [0, 0.1) is 5.92 Å². The third-order valence-corrected chi connectivity index (χ3v) is 8.56. The highest BCUT2D eigenvalue weighted by Crippen LogP contribution is 2.44. The number of benzene rings is 2. The second-order valence-corrected chi connectivity index (χ2v) is 11.3. The molecule has 2 aliphatic heterocycles. The lowest BCUT2D eigenvalue weighted by Gasteiger charge is -2.33. The Morgan fingerprint density at radius 2 is 1.77 bits per heavy atom. The number of hydrogen-bond donors (Lipinski definition) is 1. The third-order valence-electron chi connectivity index (χ3n) is 7.94. The van der Waals surface area contributed by atoms with Gasteiger partial charge in [0.1, 0.15) is 11.8 Å². The minimum absolute atomic E-state index is 0.146. The second-order valence-electron chi connectivity index (χ2n) is 10.5. The molecule has 0 radical (unpaired) electrons. The standard InChI is InChI=1S/C32H34ClN5OS/c1-3-39-25-12-9-23(10-13-25)37-18-6-8-29(37)31-30(27-7-4-5-17-34-27)35-32(40)38(31)24-11-14-28(26(33)21-24)36-19-15-22(2)16-20-36/h4-14,17-18,21-22,30-31H,3,15-16,19-20H2,1-2H3,(H,35,40)/t30-,31-/m1/s1. The molecule has 2 aliphatic rings. The summed E-state index contributed by atoms with van der Waals surface area (Å²) in [6, 6.07) is 24.5. The Morgan fingerprint density at radius 3 is 2.48 bits per heavy atom. The maximum Gasteiger partial charge on any atom is 0.174 e. The van der Waals surface area contributed by atoms with Crippen LogP contribution < -0.4 is 19.9 Å². The van der Waals surface area contributed by atoms with Gasteiger partial charge in [0, 0.05) is 42.6 Å². The molecule has 0 bridgehead atoms. The minimum Gasteiger partial charge on any atom is -0.494 e. The van der Waals surface area contributed by atoms with Crippen molar-refractivity contribution in [3.05, 3.63) is 102 Å². The Balaban J connectivity index is 1.40. The molecule has 2 aromatic heterocycles. The molecular weight excluding hydrogens is 538 g/mol. The number of hydrogen-bond acceptors (Lipinski definition) is 4. The predicted molar refractivity (Wildman–Crippen MR) is 167 cm³/mol. The van der Waals surface area contributed by atoms with E-state index in [0.717, 1.165) is 58.2 Å². The summed E-state index contributed by atoms with van der Waals surface area (Å²) in [5.74, 6) is 1.62. The van der Waals surface area contributed by atoms with E-state index in [4.69, 9.17) is 33.5 Å². The number of thiocarbonyl (C=S) groups is 1. The molecule has 6 rings (SSSR count). The van der Waals surface area contributed by atoms with Gasteiger partial charge in [0.15, 0.2) is 5.11 Å². The van der Waals surface area contributed by atoms with Gasteiger partial charge in [-0.15, -0.1) is 0 Å². The largest absolute Gasteiger partial charge is 0.494 e. The van der Waals surface area contributed by atoms with Gasteiger partial charge in [-0.25, -0.2) is 0 Å². The summed E-state index contributed by atoms with van der Waals surface area (Å²) in [5, 5.41) is 4.97. The molecule has 0 spiro atoms. The quantitative estimate of drug-likeness (QED) is 0.234. The van der Waals surface area contributed by atoms with Gasteiger partial charge in [0.2, 0.25) is 0 Å². The molecule has 6 nitrogen and oxygen atoms in total. The zero-order chi connectivity index (χ0) is 27.6. The van der Waals surface area contributed by atoms with Gasteiger partial charge in [0.25, 0.3) is 0 Å². The minimum atomic E-state index is -0.151. The first-order chi connectivity index (χ1) is 19.5. The molecule has 0 unspecified atom stereocenters. The molecule has 2 saturated heterocycles. The lowest BCUT2D eigenvalue weighted by Crippen LogP contribution is -2.33. The fourth-order valence-corrected chi connectivity index (χ4v) is 6.47. The number of aromatic nitrogens is 2. The molecule has 8 heteroatoms. The summed E-state index contributed by atoms with van der Waals surface area (Å²) >= 11 is 12.9. The normalized spacial score (nSPS) is 19.6. The van der Waals surface area contributed by atoms with E-state index in [9.17, 15) is 0 Å². The van der Waals surface area contributed by atoms with Crippen molar-refractivity contribution < 1.29 is 4.74 Å². The molecular formula is C32H34ClN5OS. The van der Waals surface area contributed by atoms with Gasteiger partial charge < -0.3 is 24.4 Å². The van der Waals surface area contributed by atoms with Crippen molar-refractivity contribution in [1.29, 1.82) is 0 Å². The molecule has 0 aliphatic carbocycles. The van der Waals surface area contributed by atoms with E-state index in [1.165, 1.54) is 12.8 Å². The summed E-state index contributed by atoms with van der Waals surface area (Å²) < 4.78 is 7.89. The number of rotatable bonds is 7. The van der Waals surface area contributed by atoms with E-state index in [1.54, 1.807) is 0 Å². The van der Waals surface area contributed by atoms with Gasteiger partial charge in [0.05, 0.1) is 29.1 Å². The Kier molecular flexibility index (Phi) is 7.67. The van der Waals surface area contributed by atoms with Crippen molar-refractivity contribution in [3.63, 3.8) is 0 Å². The number of halogens is 1. The van der Waals surface area contributed by atoms with Crippen LogP contribution in [0.2, 0.25) is 5.02 Å². The molecule has 206 valence electrons. The molecule has 1 N–H and O–H groups in total. The van der Waals surface area contributed by atoms with Crippen molar-refractivity contribution in [1.82, 2.24) is 14.9 Å². The number of anilines is 2. The van der Waals surface area contributed by atoms with Crippen LogP contribution in [0.4, 0.5) is 11.4 Å². The van der Waals surface area contributed by atoms with Gasteiger partial charge in [-0.3, -0.25) is 4.98 Å². The lowest BCUT2D eigenvalue weighted by atomic mass is 9.98. The van der Waals surface area contributed by atoms with Gasteiger partial charge >= 0.3 is 0 Å². The van der Waals surface area contributed by atoms with Crippen molar-refractivity contribution >= 4 is 40.3 Å². The van der Waals surface area contributed by atoms with Gasteiger partial charge in [-0.1, -0.05) is 24.6 Å². The Labute approximate surface area is 246 Å². The van der Waals surface area contributed by atoms with E-state index in [2.05, 4.69) is 75.3 Å². The summed E-state index contributed by atoms with van der Waals surface area (Å²) in [6.07, 6.45) is 6.30. The van der Waals surface area contributed by atoms with Gasteiger partial charge in [-0.2, -0.15) is 0 Å². The van der Waals surface area contributed by atoms with Crippen LogP contribution >= 0.6 is 23.8 Å². The summed E-state index contributed by atoms with van der Waals surface area (Å²) in [6.45, 7) is 7.02. The first-order valence-corrected chi connectivity index (χ1v) is 14.8. The number of ether oxygens (including phenoxy) is 1. The fourth-order valence-electron chi connectivity index (χ4n) is 5.82. The van der Waals surface area contributed by atoms with Crippen LogP contribution in [-0.2, 0) is 0 Å². The molecule has 0 saturated carbocycles. The monoisotopic (exact) mass is 571 g/mol. The summed E-state index contributed by atoms with van der Waals surface area (Å²) in [4.78, 5) is 9.29. The maximum atomic E-state index is 6.96. The molecule has 2 fully saturated rings. The van der Waals surface area contributed by atoms with E-state index < -0.39 is 0 Å². The average molecular weight is 572 g/mol. The second kappa shape index (κ2) is 11.5. The Morgan fingerprint density at radius 1 is 1.00 bits per heavy atom. The van der Waals surface area contributed by atoms with Crippen molar-refractivity contribution in [2.24, 2.45) is 5.92 Å². The van der Waals surface area contributed by atoms with Gasteiger partial charge in [-0.05, 0) is 105 Å². The fraction of sp³-hybridized carbons (Fsp3) is 0.312. The van der Waals surface area contributed by atoms with Crippen molar-refractivity contribution in [3.8, 4) is 11.4 Å². The third kappa shape index (κ3) is 5.16. The highest BCUT2D eigenvalue weighted by atomic mass is 35.5. The highest BCUT2D eigenvalue weighted by molar-refractivity contribution is 7.80. The molecule has 40 heavy (non-hydrogen) atoms. The van der Waals surface area contributed by atoms with E-state index >= 15 is 0 Å². The summed E-state index contributed by atoms with van der Waals surface area (Å²) in [5.41, 5.74) is 5.12. The number of nitrogens with one attached hydrogen (secondary N) is 1. The van der Waals surface area contributed by atoms with Crippen LogP contribution in [0.1, 0.15) is 50.2 Å². The first kappa shape index (κ1) is 26.7. The highest BCUT2D eigenvalue weighted by Gasteiger charge is 2.42. The van der Waals surface area contributed by atoms with E-state index in [1.807, 2.05) is 43.5 Å².